The maximum atomic E-state index is 11.9. The van der Waals surface area contributed by atoms with Crippen molar-refractivity contribution in [2.45, 2.75) is 38.8 Å². The Morgan fingerprint density at radius 3 is 2.67 bits per heavy atom. The van der Waals surface area contributed by atoms with Gasteiger partial charge in [0.1, 0.15) is 5.60 Å². The highest BCUT2D eigenvalue weighted by Crippen LogP contribution is 2.17. The van der Waals surface area contributed by atoms with Gasteiger partial charge in [-0.05, 0) is 27.2 Å². The van der Waals surface area contributed by atoms with Crippen LogP contribution in [0.4, 0.5) is 4.79 Å². The number of carbonyl (C=O) groups is 1. The molecule has 0 saturated carbocycles. The second-order valence-corrected chi connectivity index (χ2v) is 5.83. The van der Waals surface area contributed by atoms with Gasteiger partial charge < -0.3 is 14.4 Å². The lowest BCUT2D eigenvalue weighted by molar-refractivity contribution is 0.0227. The molecule has 0 radical (unpaired) electrons. The van der Waals surface area contributed by atoms with E-state index in [1.807, 2.05) is 27.8 Å². The van der Waals surface area contributed by atoms with Gasteiger partial charge in [-0.15, -0.1) is 0 Å². The van der Waals surface area contributed by atoms with Crippen LogP contribution in [0.15, 0.2) is 0 Å². The maximum absolute atomic E-state index is 11.9. The van der Waals surface area contributed by atoms with Crippen molar-refractivity contribution in [3.8, 4) is 0 Å². The summed E-state index contributed by atoms with van der Waals surface area (Å²) in [7, 11) is 3.53. The van der Waals surface area contributed by atoms with E-state index in [0.29, 0.717) is 0 Å². The topological polar surface area (TPSA) is 42.0 Å². The van der Waals surface area contributed by atoms with Gasteiger partial charge in [-0.2, -0.15) is 0 Å². The summed E-state index contributed by atoms with van der Waals surface area (Å²) in [6.07, 6.45) is 0.764. The third kappa shape index (κ3) is 4.82. The first-order valence-electron chi connectivity index (χ1n) is 6.50. The van der Waals surface area contributed by atoms with Gasteiger partial charge in [0.05, 0.1) is 6.61 Å². The molecular weight excluding hydrogens is 232 g/mol. The van der Waals surface area contributed by atoms with Crippen molar-refractivity contribution in [2.75, 3.05) is 40.4 Å². The second-order valence-electron chi connectivity index (χ2n) is 5.83. The van der Waals surface area contributed by atoms with E-state index in [2.05, 4.69) is 4.90 Å². The molecule has 106 valence electrons. The van der Waals surface area contributed by atoms with E-state index >= 15 is 0 Å². The summed E-state index contributed by atoms with van der Waals surface area (Å²) in [6.45, 7) is 9.24. The van der Waals surface area contributed by atoms with E-state index in [9.17, 15) is 4.79 Å². The van der Waals surface area contributed by atoms with E-state index in [4.69, 9.17) is 9.47 Å². The van der Waals surface area contributed by atoms with E-state index in [1.54, 1.807) is 12.0 Å². The van der Waals surface area contributed by atoms with Gasteiger partial charge in [0, 0.05) is 39.8 Å². The highest BCUT2D eigenvalue weighted by molar-refractivity contribution is 5.68. The number of hydrogen-bond acceptors (Lipinski definition) is 4. The van der Waals surface area contributed by atoms with Gasteiger partial charge in [-0.1, -0.05) is 0 Å². The molecule has 0 aromatic heterocycles. The summed E-state index contributed by atoms with van der Waals surface area (Å²) in [4.78, 5) is 16.0. The first-order valence-corrected chi connectivity index (χ1v) is 6.50. The fraction of sp³-hybridized carbons (Fsp3) is 0.923. The van der Waals surface area contributed by atoms with Crippen LogP contribution in [0, 0.1) is 0 Å². The minimum Gasteiger partial charge on any atom is -0.444 e. The van der Waals surface area contributed by atoms with Crippen molar-refractivity contribution in [1.29, 1.82) is 0 Å². The van der Waals surface area contributed by atoms with Crippen LogP contribution < -0.4 is 0 Å². The molecule has 0 aromatic carbocycles. The lowest BCUT2D eigenvalue weighted by atomic mass is 10.2. The highest BCUT2D eigenvalue weighted by Gasteiger charge is 2.30. The molecule has 0 aliphatic carbocycles. The number of nitrogens with zero attached hydrogens (tertiary/aromatic N) is 2. The monoisotopic (exact) mass is 258 g/mol. The summed E-state index contributed by atoms with van der Waals surface area (Å²) in [5.74, 6) is 0. The summed E-state index contributed by atoms with van der Waals surface area (Å²) in [5.41, 5.74) is -0.431. The molecule has 1 aliphatic heterocycles. The number of likely N-dealkylation sites (tertiary alicyclic amines) is 1. The van der Waals surface area contributed by atoms with Crippen LogP contribution in [-0.2, 0) is 9.47 Å². The van der Waals surface area contributed by atoms with Crippen LogP contribution >= 0.6 is 0 Å². The Hall–Kier alpha value is -0.810. The Morgan fingerprint density at radius 2 is 2.11 bits per heavy atom. The average Bonchev–Trinajstić information content (AvgIpc) is 2.71. The quantitative estimate of drug-likeness (QED) is 0.767. The van der Waals surface area contributed by atoms with E-state index in [1.165, 1.54) is 0 Å². The van der Waals surface area contributed by atoms with Crippen molar-refractivity contribution in [1.82, 2.24) is 9.80 Å². The van der Waals surface area contributed by atoms with E-state index < -0.39 is 5.60 Å². The lowest BCUT2D eigenvalue weighted by Crippen LogP contribution is -2.42. The Bertz CT molecular complexity index is 276. The molecule has 0 bridgehead atoms. The number of ether oxygens (including phenoxy) is 2. The van der Waals surface area contributed by atoms with E-state index in [-0.39, 0.29) is 12.1 Å². The van der Waals surface area contributed by atoms with E-state index in [0.717, 1.165) is 32.7 Å². The zero-order chi connectivity index (χ0) is 13.8. The number of hydrogen-bond donors (Lipinski definition) is 0. The Kier molecular flexibility index (Phi) is 5.41. The number of methoxy groups -OCH3 is 1. The predicted molar refractivity (Wildman–Crippen MR) is 70.7 cm³/mol. The molecule has 0 spiro atoms. The number of likely N-dealkylation sites (N-methyl/N-ethyl adjacent to an activating group) is 1. The van der Waals surface area contributed by atoms with Crippen molar-refractivity contribution < 1.29 is 14.3 Å². The highest BCUT2D eigenvalue weighted by atomic mass is 16.6. The predicted octanol–water partition coefficient (Wildman–Crippen LogP) is 1.57. The summed E-state index contributed by atoms with van der Waals surface area (Å²) in [6, 6.07) is 0.247. The molecule has 1 rings (SSSR count). The summed E-state index contributed by atoms with van der Waals surface area (Å²) in [5, 5.41) is 0. The zero-order valence-corrected chi connectivity index (χ0v) is 12.2. The maximum Gasteiger partial charge on any atom is 0.410 e. The van der Waals surface area contributed by atoms with Crippen molar-refractivity contribution in [3.05, 3.63) is 0 Å². The fourth-order valence-corrected chi connectivity index (χ4v) is 2.03. The normalized spacial score (nSPS) is 21.1. The van der Waals surface area contributed by atoms with Crippen LogP contribution in [0.1, 0.15) is 27.2 Å². The minimum absolute atomic E-state index is 0.235. The van der Waals surface area contributed by atoms with Crippen LogP contribution in [0.5, 0.6) is 0 Å². The summed E-state index contributed by atoms with van der Waals surface area (Å²) < 4.78 is 10.4. The molecule has 5 nitrogen and oxygen atoms in total. The van der Waals surface area contributed by atoms with Gasteiger partial charge in [-0.25, -0.2) is 4.79 Å². The first-order chi connectivity index (χ1) is 8.33. The van der Waals surface area contributed by atoms with Crippen LogP contribution in [0.25, 0.3) is 0 Å². The van der Waals surface area contributed by atoms with Crippen LogP contribution in [-0.4, -0.2) is 67.9 Å². The fourth-order valence-electron chi connectivity index (χ4n) is 2.03. The van der Waals surface area contributed by atoms with Gasteiger partial charge in [0.15, 0.2) is 0 Å². The Morgan fingerprint density at radius 1 is 1.44 bits per heavy atom. The second kappa shape index (κ2) is 6.38. The molecular formula is C13H26N2O3. The van der Waals surface area contributed by atoms with Crippen LogP contribution in [0.3, 0.4) is 0 Å². The Balaban J connectivity index is 2.39. The molecule has 0 aromatic rings. The van der Waals surface area contributed by atoms with Crippen molar-refractivity contribution in [3.63, 3.8) is 0 Å². The lowest BCUT2D eigenvalue weighted by Gasteiger charge is -2.28. The summed E-state index contributed by atoms with van der Waals surface area (Å²) >= 11 is 0. The molecule has 5 heteroatoms. The minimum atomic E-state index is -0.431. The molecule has 1 amide bonds. The van der Waals surface area contributed by atoms with Crippen LogP contribution in [0.2, 0.25) is 0 Å². The zero-order valence-electron chi connectivity index (χ0n) is 12.2. The van der Waals surface area contributed by atoms with Gasteiger partial charge >= 0.3 is 6.09 Å². The largest absolute Gasteiger partial charge is 0.444 e. The number of amides is 1. The molecule has 1 atom stereocenters. The third-order valence-corrected chi connectivity index (χ3v) is 3.09. The van der Waals surface area contributed by atoms with Gasteiger partial charge in [0.2, 0.25) is 0 Å². The third-order valence-electron chi connectivity index (χ3n) is 3.09. The molecule has 1 fully saturated rings. The molecule has 1 saturated heterocycles. The number of carbonyl (C=O) groups excluding carboxylic acids is 1. The average molecular weight is 258 g/mol. The standard InChI is InChI=1S/C13H26N2O3/c1-13(2,3)18-12(16)14(4)11-6-7-15(10-11)8-9-17-5/h11H,6-10H2,1-5H3/t11-/m0/s1. The molecule has 18 heavy (non-hydrogen) atoms. The SMILES string of the molecule is COCCN1CC[C@H](N(C)C(=O)OC(C)(C)C)C1. The molecule has 1 aliphatic rings. The molecule has 0 N–H and O–H groups in total. The molecule has 0 unspecified atom stereocenters. The first kappa shape index (κ1) is 15.2. The smallest absolute Gasteiger partial charge is 0.410 e. The van der Waals surface area contributed by atoms with Gasteiger partial charge in [-0.3, -0.25) is 4.90 Å². The van der Waals surface area contributed by atoms with Gasteiger partial charge in [0.25, 0.3) is 0 Å². The van der Waals surface area contributed by atoms with Crippen molar-refractivity contribution in [2.24, 2.45) is 0 Å². The number of rotatable bonds is 4. The Labute approximate surface area is 110 Å². The van der Waals surface area contributed by atoms with Crippen molar-refractivity contribution >= 4 is 6.09 Å². The molecule has 1 heterocycles.